The van der Waals surface area contributed by atoms with Gasteiger partial charge in [0.25, 0.3) is 5.56 Å². The number of nitrogens with zero attached hydrogens (tertiary/aromatic N) is 4. The number of hydrogen-bond donors (Lipinski definition) is 0. The zero-order valence-electron chi connectivity index (χ0n) is 18.0. The van der Waals surface area contributed by atoms with Gasteiger partial charge in [0.05, 0.1) is 18.1 Å². The molecule has 0 bridgehead atoms. The van der Waals surface area contributed by atoms with Crippen LogP contribution in [0.15, 0.2) is 83.2 Å². The van der Waals surface area contributed by atoms with Gasteiger partial charge in [-0.1, -0.05) is 62.4 Å². The smallest absolute Gasteiger partial charge is 0.317 e. The molecule has 4 rings (SSSR count). The molecular weight excluding hydrogens is 388 g/mol. The van der Waals surface area contributed by atoms with E-state index in [4.69, 9.17) is 0 Å². The highest BCUT2D eigenvalue weighted by Gasteiger charge is 2.21. The number of hydrogen-bond acceptors (Lipinski definition) is 3. The number of fused-ring (bicyclic) bond motifs is 1. The fraction of sp³-hybridized carbons (Fsp3) is 0.240. The van der Waals surface area contributed by atoms with Gasteiger partial charge in [0.15, 0.2) is 11.2 Å². The fourth-order valence-electron chi connectivity index (χ4n) is 3.86. The Bertz CT molecular complexity index is 1340. The molecule has 1 atom stereocenters. The highest BCUT2D eigenvalue weighted by molar-refractivity contribution is 5.73. The molecule has 0 saturated carbocycles. The maximum atomic E-state index is 13.3. The molecule has 4 aromatic rings. The van der Waals surface area contributed by atoms with E-state index in [2.05, 4.69) is 25.4 Å². The van der Waals surface area contributed by atoms with Crippen LogP contribution in [0.2, 0.25) is 0 Å². The molecule has 0 aliphatic carbocycles. The SMILES string of the molecule is C=CCn1c(=O)c2c(ncn2[C@H](C)c2ccccc2)n(-c2ccc(C(C)C)cc2)c1=O. The zero-order valence-corrected chi connectivity index (χ0v) is 18.0. The van der Waals surface area contributed by atoms with Gasteiger partial charge in [0, 0.05) is 6.54 Å². The third kappa shape index (κ3) is 3.54. The standard InChI is InChI=1S/C25H26N4O2/c1-5-15-27-24(30)22-23(26-16-28(22)18(4)20-9-7-6-8-10-20)29(25(27)31)21-13-11-19(12-14-21)17(2)3/h5-14,16-18H,1,15H2,2-4H3/t18-/m1/s1. The predicted molar refractivity (Wildman–Crippen MR) is 124 cm³/mol. The number of allylic oxidation sites excluding steroid dienone is 1. The van der Waals surface area contributed by atoms with Crippen LogP contribution in [0.4, 0.5) is 0 Å². The van der Waals surface area contributed by atoms with Crippen molar-refractivity contribution in [1.82, 2.24) is 18.7 Å². The average molecular weight is 415 g/mol. The Balaban J connectivity index is 2.01. The first-order valence-corrected chi connectivity index (χ1v) is 10.4. The van der Waals surface area contributed by atoms with E-state index in [0.29, 0.717) is 22.8 Å². The van der Waals surface area contributed by atoms with Crippen molar-refractivity contribution in [1.29, 1.82) is 0 Å². The fourth-order valence-corrected chi connectivity index (χ4v) is 3.86. The maximum Gasteiger partial charge on any atom is 0.337 e. The lowest BCUT2D eigenvalue weighted by atomic mass is 10.0. The first-order valence-electron chi connectivity index (χ1n) is 10.4. The summed E-state index contributed by atoms with van der Waals surface area (Å²) in [5.41, 5.74) is 2.87. The highest BCUT2D eigenvalue weighted by atomic mass is 16.2. The monoisotopic (exact) mass is 414 g/mol. The summed E-state index contributed by atoms with van der Waals surface area (Å²) < 4.78 is 4.56. The van der Waals surface area contributed by atoms with E-state index in [1.54, 1.807) is 12.4 Å². The quantitative estimate of drug-likeness (QED) is 0.443. The molecule has 0 amide bonds. The van der Waals surface area contributed by atoms with E-state index in [9.17, 15) is 9.59 Å². The second kappa shape index (κ2) is 8.22. The summed E-state index contributed by atoms with van der Waals surface area (Å²) in [6, 6.07) is 17.6. The lowest BCUT2D eigenvalue weighted by molar-refractivity contribution is 0.642. The normalized spacial score (nSPS) is 12.4. The minimum absolute atomic E-state index is 0.120. The van der Waals surface area contributed by atoms with Gasteiger partial charge in [-0.2, -0.15) is 0 Å². The Labute approximate surface area is 180 Å². The summed E-state index contributed by atoms with van der Waals surface area (Å²) in [5.74, 6) is 0.381. The molecule has 2 aromatic heterocycles. The largest absolute Gasteiger partial charge is 0.337 e. The molecule has 0 fully saturated rings. The number of benzene rings is 2. The van der Waals surface area contributed by atoms with Crippen LogP contribution in [0.25, 0.3) is 16.9 Å². The second-order valence-electron chi connectivity index (χ2n) is 7.98. The van der Waals surface area contributed by atoms with Gasteiger partial charge in [0.1, 0.15) is 0 Å². The first-order chi connectivity index (χ1) is 14.9. The summed E-state index contributed by atoms with van der Waals surface area (Å²) in [6.07, 6.45) is 3.20. The van der Waals surface area contributed by atoms with E-state index >= 15 is 0 Å². The van der Waals surface area contributed by atoms with Crippen LogP contribution in [-0.2, 0) is 6.54 Å². The zero-order chi connectivity index (χ0) is 22.1. The summed E-state index contributed by atoms with van der Waals surface area (Å²) >= 11 is 0. The Morgan fingerprint density at radius 1 is 0.968 bits per heavy atom. The van der Waals surface area contributed by atoms with Crippen molar-refractivity contribution < 1.29 is 0 Å². The van der Waals surface area contributed by atoms with Crippen molar-refractivity contribution >= 4 is 11.2 Å². The van der Waals surface area contributed by atoms with Crippen molar-refractivity contribution in [3.05, 3.63) is 106 Å². The summed E-state index contributed by atoms with van der Waals surface area (Å²) in [6.45, 7) is 10.1. The van der Waals surface area contributed by atoms with Gasteiger partial charge in [-0.05, 0) is 36.1 Å². The van der Waals surface area contributed by atoms with Crippen LogP contribution in [0, 0.1) is 0 Å². The lowest BCUT2D eigenvalue weighted by Gasteiger charge is -2.16. The van der Waals surface area contributed by atoms with Crippen molar-refractivity contribution in [3.8, 4) is 5.69 Å². The van der Waals surface area contributed by atoms with Crippen LogP contribution in [0.3, 0.4) is 0 Å². The molecule has 158 valence electrons. The molecule has 31 heavy (non-hydrogen) atoms. The maximum absolute atomic E-state index is 13.3. The molecule has 0 aliphatic rings. The first kappa shape index (κ1) is 20.6. The molecule has 0 unspecified atom stereocenters. The van der Waals surface area contributed by atoms with Crippen molar-refractivity contribution in [2.24, 2.45) is 0 Å². The lowest BCUT2D eigenvalue weighted by Crippen LogP contribution is -2.40. The Morgan fingerprint density at radius 3 is 2.26 bits per heavy atom. The molecule has 2 heterocycles. The molecule has 0 N–H and O–H groups in total. The Kier molecular flexibility index (Phi) is 5.46. The van der Waals surface area contributed by atoms with Gasteiger partial charge in [-0.25, -0.2) is 14.3 Å². The molecular formula is C25H26N4O2. The topological polar surface area (TPSA) is 61.8 Å². The van der Waals surface area contributed by atoms with Gasteiger partial charge >= 0.3 is 5.69 Å². The minimum atomic E-state index is -0.424. The minimum Gasteiger partial charge on any atom is -0.317 e. The van der Waals surface area contributed by atoms with Crippen LogP contribution in [-0.4, -0.2) is 18.7 Å². The molecule has 0 aliphatic heterocycles. The van der Waals surface area contributed by atoms with E-state index in [1.807, 2.05) is 66.1 Å². The molecule has 6 heteroatoms. The van der Waals surface area contributed by atoms with Gasteiger partial charge in [-0.15, -0.1) is 6.58 Å². The van der Waals surface area contributed by atoms with Crippen LogP contribution < -0.4 is 11.2 Å². The van der Waals surface area contributed by atoms with Crippen LogP contribution in [0.1, 0.15) is 43.9 Å². The molecule has 0 spiro atoms. The van der Waals surface area contributed by atoms with Crippen molar-refractivity contribution in [2.45, 2.75) is 39.3 Å². The van der Waals surface area contributed by atoms with Crippen molar-refractivity contribution in [3.63, 3.8) is 0 Å². The number of aromatic nitrogens is 4. The van der Waals surface area contributed by atoms with Gasteiger partial charge in [0.2, 0.25) is 0 Å². The van der Waals surface area contributed by atoms with Crippen LogP contribution in [0.5, 0.6) is 0 Å². The molecule has 2 aromatic carbocycles. The molecule has 0 radical (unpaired) electrons. The second-order valence-corrected chi connectivity index (χ2v) is 7.98. The van der Waals surface area contributed by atoms with Crippen LogP contribution >= 0.6 is 0 Å². The van der Waals surface area contributed by atoms with E-state index in [1.165, 1.54) is 14.7 Å². The highest BCUT2D eigenvalue weighted by Crippen LogP contribution is 2.23. The Hall–Kier alpha value is -3.67. The van der Waals surface area contributed by atoms with E-state index < -0.39 is 5.69 Å². The third-order valence-electron chi connectivity index (χ3n) is 5.69. The molecule has 0 saturated heterocycles. The summed E-state index contributed by atoms with van der Waals surface area (Å²) in [5, 5.41) is 0. The summed E-state index contributed by atoms with van der Waals surface area (Å²) in [7, 11) is 0. The third-order valence-corrected chi connectivity index (χ3v) is 5.69. The van der Waals surface area contributed by atoms with E-state index in [-0.39, 0.29) is 18.1 Å². The van der Waals surface area contributed by atoms with Gasteiger partial charge < -0.3 is 4.57 Å². The number of rotatable bonds is 6. The predicted octanol–water partition coefficient (Wildman–Crippen LogP) is 4.27. The average Bonchev–Trinajstić information content (AvgIpc) is 3.22. The van der Waals surface area contributed by atoms with E-state index in [0.717, 1.165) is 5.56 Å². The summed E-state index contributed by atoms with van der Waals surface area (Å²) in [4.78, 5) is 31.1. The van der Waals surface area contributed by atoms with Crippen molar-refractivity contribution in [2.75, 3.05) is 0 Å². The number of imidazole rings is 1. The van der Waals surface area contributed by atoms with Gasteiger partial charge in [-0.3, -0.25) is 9.36 Å². The molecule has 6 nitrogen and oxygen atoms in total. The Morgan fingerprint density at radius 2 is 1.65 bits per heavy atom.